The molecule has 0 radical (unpaired) electrons. The normalized spacial score (nSPS) is 17.0. The predicted molar refractivity (Wildman–Crippen MR) is 125 cm³/mol. The van der Waals surface area contributed by atoms with Gasteiger partial charge in [-0.25, -0.2) is 10.1 Å². The number of rotatable bonds is 8. The third kappa shape index (κ3) is 4.91. The summed E-state index contributed by atoms with van der Waals surface area (Å²) in [4.78, 5) is 15.4. The first-order valence-electron chi connectivity index (χ1n) is 11.3. The molecule has 0 bridgehead atoms. The van der Waals surface area contributed by atoms with E-state index in [0.29, 0.717) is 36.3 Å². The third-order valence-electron chi connectivity index (χ3n) is 5.87. The van der Waals surface area contributed by atoms with Gasteiger partial charge in [-0.1, -0.05) is 23.8 Å². The molecule has 1 fully saturated rings. The van der Waals surface area contributed by atoms with E-state index in [1.54, 1.807) is 6.92 Å². The van der Waals surface area contributed by atoms with E-state index in [2.05, 4.69) is 43.0 Å². The van der Waals surface area contributed by atoms with Gasteiger partial charge in [0.1, 0.15) is 5.75 Å². The molecule has 1 saturated heterocycles. The molecule has 0 aliphatic carbocycles. The van der Waals surface area contributed by atoms with Crippen LogP contribution >= 0.6 is 0 Å². The molecule has 1 amide bonds. The van der Waals surface area contributed by atoms with Gasteiger partial charge in [0, 0.05) is 18.2 Å². The van der Waals surface area contributed by atoms with Crippen LogP contribution in [-0.2, 0) is 6.54 Å². The number of aromatic nitrogens is 5. The van der Waals surface area contributed by atoms with Crippen LogP contribution in [0, 0.1) is 0 Å². The molecule has 3 N–H and O–H groups in total. The van der Waals surface area contributed by atoms with Gasteiger partial charge >= 0.3 is 0 Å². The fourth-order valence-corrected chi connectivity index (χ4v) is 4.01. The minimum absolute atomic E-state index is 0.0613. The van der Waals surface area contributed by atoms with Gasteiger partial charge in [0.2, 0.25) is 11.6 Å². The molecular formula is C22H29N9O3. The first kappa shape index (κ1) is 23.4. The van der Waals surface area contributed by atoms with Crippen molar-refractivity contribution in [3.8, 4) is 11.6 Å². The van der Waals surface area contributed by atoms with Crippen LogP contribution in [0.4, 0.5) is 5.82 Å². The highest BCUT2D eigenvalue weighted by molar-refractivity contribution is 6.02. The van der Waals surface area contributed by atoms with Crippen LogP contribution in [-0.4, -0.2) is 61.0 Å². The molecule has 34 heavy (non-hydrogen) atoms. The van der Waals surface area contributed by atoms with Gasteiger partial charge in [0.25, 0.3) is 5.91 Å². The lowest BCUT2D eigenvalue weighted by Gasteiger charge is -2.33. The number of likely N-dealkylation sites (tertiary alicyclic amines) is 1. The Morgan fingerprint density at radius 2 is 2.15 bits per heavy atom. The standard InChI is InChI=1S/C22H29N9O3/c1-4-33-18-11-6-5-10-16(18)15(3)24-26-22(32)19-17(13-30-12-8-7-9-14(30)2)31(29-25-19)21-20(23)27-34-28-21/h5-6,10-11,14H,4,7-9,12-13H2,1-3H3,(H2,23,27)(H,26,32). The van der Waals surface area contributed by atoms with Gasteiger partial charge in [-0.2, -0.15) is 9.78 Å². The van der Waals surface area contributed by atoms with Gasteiger partial charge in [0.05, 0.1) is 18.0 Å². The Morgan fingerprint density at radius 1 is 1.32 bits per heavy atom. The number of ether oxygens (including phenoxy) is 1. The van der Waals surface area contributed by atoms with Crippen molar-refractivity contribution in [2.75, 3.05) is 18.9 Å². The van der Waals surface area contributed by atoms with Crippen LogP contribution in [0.15, 0.2) is 34.0 Å². The Bertz CT molecular complexity index is 1170. The molecule has 1 atom stereocenters. The molecule has 180 valence electrons. The number of anilines is 1. The second-order valence-corrected chi connectivity index (χ2v) is 8.15. The Morgan fingerprint density at radius 3 is 2.88 bits per heavy atom. The summed E-state index contributed by atoms with van der Waals surface area (Å²) >= 11 is 0. The number of carbonyl (C=O) groups excluding carboxylic acids is 1. The lowest BCUT2D eigenvalue weighted by atomic mass is 10.0. The number of carbonyl (C=O) groups is 1. The monoisotopic (exact) mass is 467 g/mol. The molecule has 0 spiro atoms. The van der Waals surface area contributed by atoms with Crippen LogP contribution in [0.1, 0.15) is 61.8 Å². The van der Waals surface area contributed by atoms with Gasteiger partial charge < -0.3 is 10.5 Å². The minimum Gasteiger partial charge on any atom is -0.493 e. The maximum atomic E-state index is 13.1. The van der Waals surface area contributed by atoms with E-state index in [-0.39, 0.29) is 17.3 Å². The number of nitrogens with one attached hydrogen (secondary N) is 1. The van der Waals surface area contributed by atoms with Gasteiger partial charge in [-0.15, -0.1) is 5.10 Å². The number of nitrogens with zero attached hydrogens (tertiary/aromatic N) is 7. The maximum Gasteiger partial charge on any atom is 0.293 e. The van der Waals surface area contributed by atoms with E-state index in [1.807, 2.05) is 31.2 Å². The highest BCUT2D eigenvalue weighted by Crippen LogP contribution is 2.23. The smallest absolute Gasteiger partial charge is 0.293 e. The first-order chi connectivity index (χ1) is 16.5. The fraction of sp³-hybridized carbons (Fsp3) is 0.455. The summed E-state index contributed by atoms with van der Waals surface area (Å²) in [6.45, 7) is 7.76. The number of hydrazone groups is 1. The van der Waals surface area contributed by atoms with Crippen molar-refractivity contribution < 1.29 is 14.2 Å². The van der Waals surface area contributed by atoms with Gasteiger partial charge in [-0.3, -0.25) is 9.69 Å². The Balaban J connectivity index is 1.62. The molecular weight excluding hydrogens is 438 g/mol. The van der Waals surface area contributed by atoms with Crippen molar-refractivity contribution in [2.45, 2.75) is 52.6 Å². The van der Waals surface area contributed by atoms with E-state index in [9.17, 15) is 4.79 Å². The van der Waals surface area contributed by atoms with Crippen molar-refractivity contribution in [1.82, 2.24) is 35.6 Å². The lowest BCUT2D eigenvalue weighted by molar-refractivity contribution is 0.0944. The number of nitrogens with two attached hydrogens (primary N) is 1. The number of para-hydroxylation sites is 1. The predicted octanol–water partition coefficient (Wildman–Crippen LogP) is 2.16. The highest BCUT2D eigenvalue weighted by Gasteiger charge is 2.28. The third-order valence-corrected chi connectivity index (χ3v) is 5.87. The number of benzene rings is 1. The summed E-state index contributed by atoms with van der Waals surface area (Å²) in [5.74, 6) is 0.456. The molecule has 1 unspecified atom stereocenters. The fourth-order valence-electron chi connectivity index (χ4n) is 4.01. The zero-order valence-corrected chi connectivity index (χ0v) is 19.6. The Kier molecular flexibility index (Phi) is 7.16. The van der Waals surface area contributed by atoms with Crippen molar-refractivity contribution in [1.29, 1.82) is 0 Å². The molecule has 3 aromatic rings. The number of hydrogen-bond donors (Lipinski definition) is 2. The molecule has 12 heteroatoms. The molecule has 1 aliphatic rings. The number of hydrogen-bond acceptors (Lipinski definition) is 10. The number of nitrogen functional groups attached to an aromatic ring is 1. The van der Waals surface area contributed by atoms with Crippen LogP contribution in [0.2, 0.25) is 0 Å². The maximum absolute atomic E-state index is 13.1. The summed E-state index contributed by atoms with van der Waals surface area (Å²) < 4.78 is 11.8. The summed E-state index contributed by atoms with van der Waals surface area (Å²) in [7, 11) is 0. The van der Waals surface area contributed by atoms with Gasteiger partial charge in [-0.05, 0) is 62.6 Å². The van der Waals surface area contributed by atoms with Crippen LogP contribution in [0.25, 0.3) is 5.82 Å². The molecule has 0 saturated carbocycles. The summed E-state index contributed by atoms with van der Waals surface area (Å²) in [6.07, 6.45) is 3.35. The molecule has 1 aromatic carbocycles. The Hall–Kier alpha value is -3.80. The molecule has 4 rings (SSSR count). The summed E-state index contributed by atoms with van der Waals surface area (Å²) in [5.41, 5.74) is 10.5. The average molecular weight is 468 g/mol. The lowest BCUT2D eigenvalue weighted by Crippen LogP contribution is -2.38. The van der Waals surface area contributed by atoms with E-state index >= 15 is 0 Å². The van der Waals surface area contributed by atoms with E-state index < -0.39 is 5.91 Å². The first-order valence-corrected chi connectivity index (χ1v) is 11.3. The zero-order chi connectivity index (χ0) is 24.1. The van der Waals surface area contributed by atoms with Crippen molar-refractivity contribution >= 4 is 17.4 Å². The minimum atomic E-state index is -0.492. The zero-order valence-electron chi connectivity index (χ0n) is 19.6. The van der Waals surface area contributed by atoms with Crippen LogP contribution in [0.3, 0.4) is 0 Å². The molecule has 3 heterocycles. The summed E-state index contributed by atoms with van der Waals surface area (Å²) in [6, 6.07) is 7.88. The SMILES string of the molecule is CCOc1ccccc1C(C)=NNC(=O)c1nnn(-c2nonc2N)c1CN1CCCCC1C. The second-order valence-electron chi connectivity index (χ2n) is 8.15. The largest absolute Gasteiger partial charge is 0.493 e. The number of piperidine rings is 1. The molecule has 2 aromatic heterocycles. The van der Waals surface area contributed by atoms with Gasteiger partial charge in [0.15, 0.2) is 5.69 Å². The van der Waals surface area contributed by atoms with Crippen LogP contribution in [0.5, 0.6) is 5.75 Å². The van der Waals surface area contributed by atoms with Crippen molar-refractivity contribution in [3.63, 3.8) is 0 Å². The van der Waals surface area contributed by atoms with Crippen molar-refractivity contribution in [2.24, 2.45) is 5.10 Å². The second kappa shape index (κ2) is 10.4. The molecule has 1 aliphatic heterocycles. The summed E-state index contributed by atoms with van der Waals surface area (Å²) in [5, 5.41) is 20.0. The number of amides is 1. The topological polar surface area (TPSA) is 150 Å². The van der Waals surface area contributed by atoms with Crippen molar-refractivity contribution in [3.05, 3.63) is 41.2 Å². The van der Waals surface area contributed by atoms with E-state index in [0.717, 1.165) is 24.9 Å². The average Bonchev–Trinajstić information content (AvgIpc) is 3.45. The highest BCUT2D eigenvalue weighted by atomic mass is 16.6. The van der Waals surface area contributed by atoms with E-state index in [4.69, 9.17) is 15.1 Å². The van der Waals surface area contributed by atoms with Crippen LogP contribution < -0.4 is 15.9 Å². The quantitative estimate of drug-likeness (QED) is 0.375. The molecule has 12 nitrogen and oxygen atoms in total. The van der Waals surface area contributed by atoms with E-state index in [1.165, 1.54) is 11.1 Å². The Labute approximate surface area is 197 Å².